The predicted molar refractivity (Wildman–Crippen MR) is 69.9 cm³/mol. The predicted octanol–water partition coefficient (Wildman–Crippen LogP) is 3.03. The molecule has 1 aromatic heterocycles. The molecule has 0 radical (unpaired) electrons. The minimum Gasteiger partial charge on any atom is -0.373 e. The van der Waals surface area contributed by atoms with E-state index in [0.717, 1.165) is 22.3 Å². The average molecular weight is 243 g/mol. The van der Waals surface area contributed by atoms with Crippen molar-refractivity contribution in [2.45, 2.75) is 13.3 Å². The molecule has 3 nitrogen and oxygen atoms in total. The van der Waals surface area contributed by atoms with Crippen LogP contribution in [0, 0.1) is 24.1 Å². The van der Waals surface area contributed by atoms with Crippen molar-refractivity contribution in [2.24, 2.45) is 0 Å². The molecule has 92 valence electrons. The molecule has 0 bridgehead atoms. The van der Waals surface area contributed by atoms with E-state index in [1.165, 1.54) is 12.1 Å². The number of rotatable bonds is 3. The molecule has 0 spiro atoms. The molecule has 1 aromatic carbocycles. The Morgan fingerprint density at radius 3 is 2.89 bits per heavy atom. The fourth-order valence-corrected chi connectivity index (χ4v) is 1.96. The molecular weight excluding hydrogens is 229 g/mol. The first-order valence-electron chi connectivity index (χ1n) is 5.77. The van der Waals surface area contributed by atoms with Gasteiger partial charge in [0, 0.05) is 30.4 Å². The van der Waals surface area contributed by atoms with Crippen LogP contribution in [0.15, 0.2) is 24.3 Å². The quantitative estimate of drug-likeness (QED) is 0.831. The summed E-state index contributed by atoms with van der Waals surface area (Å²) in [6, 6.07) is 8.60. The minimum absolute atomic E-state index is 0.275. The van der Waals surface area contributed by atoms with Crippen LogP contribution in [0.2, 0.25) is 0 Å². The Labute approximate surface area is 105 Å². The lowest BCUT2D eigenvalue weighted by molar-refractivity contribution is 0.629. The topological polar surface area (TPSA) is 39.9 Å². The number of benzene rings is 1. The maximum absolute atomic E-state index is 13.3. The average Bonchev–Trinajstić information content (AvgIpc) is 2.35. The highest BCUT2D eigenvalue weighted by Gasteiger charge is 2.09. The minimum atomic E-state index is -0.275. The van der Waals surface area contributed by atoms with E-state index in [0.29, 0.717) is 13.0 Å². The lowest BCUT2D eigenvalue weighted by atomic mass is 10.1. The van der Waals surface area contributed by atoms with E-state index in [-0.39, 0.29) is 5.82 Å². The van der Waals surface area contributed by atoms with E-state index in [1.807, 2.05) is 24.9 Å². The van der Waals surface area contributed by atoms with Crippen LogP contribution in [0.3, 0.4) is 0 Å². The Morgan fingerprint density at radius 2 is 2.17 bits per heavy atom. The maximum atomic E-state index is 13.3. The summed E-state index contributed by atoms with van der Waals surface area (Å²) in [4.78, 5) is 6.34. The highest BCUT2D eigenvalue weighted by molar-refractivity contribution is 5.91. The van der Waals surface area contributed by atoms with Crippen molar-refractivity contribution in [3.8, 4) is 6.07 Å². The molecule has 0 N–H and O–H groups in total. The van der Waals surface area contributed by atoms with Crippen molar-refractivity contribution in [3.63, 3.8) is 0 Å². The molecule has 0 amide bonds. The van der Waals surface area contributed by atoms with Gasteiger partial charge in [0.25, 0.3) is 0 Å². The van der Waals surface area contributed by atoms with Gasteiger partial charge >= 0.3 is 0 Å². The summed E-state index contributed by atoms with van der Waals surface area (Å²) in [6.07, 6.45) is 0.439. The van der Waals surface area contributed by atoms with Gasteiger partial charge in [0.05, 0.1) is 18.0 Å². The first-order chi connectivity index (χ1) is 8.61. The van der Waals surface area contributed by atoms with Gasteiger partial charge in [-0.15, -0.1) is 0 Å². The van der Waals surface area contributed by atoms with Crippen molar-refractivity contribution < 1.29 is 4.39 Å². The largest absolute Gasteiger partial charge is 0.373 e. The molecular formula is C14H14FN3. The summed E-state index contributed by atoms with van der Waals surface area (Å²) >= 11 is 0. The number of anilines is 1. The van der Waals surface area contributed by atoms with Crippen LogP contribution < -0.4 is 4.90 Å². The number of hydrogen-bond acceptors (Lipinski definition) is 3. The van der Waals surface area contributed by atoms with Crippen molar-refractivity contribution >= 4 is 16.6 Å². The molecule has 0 saturated carbocycles. The molecule has 2 aromatic rings. The Hall–Kier alpha value is -2.15. The van der Waals surface area contributed by atoms with Gasteiger partial charge in [0.2, 0.25) is 0 Å². The van der Waals surface area contributed by atoms with Crippen molar-refractivity contribution in [1.29, 1.82) is 5.26 Å². The third-order valence-corrected chi connectivity index (χ3v) is 2.85. The number of aryl methyl sites for hydroxylation is 1. The van der Waals surface area contributed by atoms with Gasteiger partial charge in [0.1, 0.15) is 5.82 Å². The Morgan fingerprint density at radius 1 is 1.39 bits per heavy atom. The second kappa shape index (κ2) is 5.01. The molecule has 2 rings (SSSR count). The normalized spacial score (nSPS) is 10.3. The smallest absolute Gasteiger partial charge is 0.124 e. The summed E-state index contributed by atoms with van der Waals surface area (Å²) in [5.74, 6) is -0.275. The van der Waals surface area contributed by atoms with E-state index in [1.54, 1.807) is 6.07 Å². The molecule has 0 atom stereocenters. The number of aromatic nitrogens is 1. The van der Waals surface area contributed by atoms with Crippen molar-refractivity contribution in [2.75, 3.05) is 18.5 Å². The zero-order valence-electron chi connectivity index (χ0n) is 10.4. The molecule has 0 aliphatic heterocycles. The van der Waals surface area contributed by atoms with E-state index >= 15 is 0 Å². The van der Waals surface area contributed by atoms with Gasteiger partial charge in [-0.1, -0.05) is 0 Å². The van der Waals surface area contributed by atoms with E-state index in [4.69, 9.17) is 5.26 Å². The highest BCUT2D eigenvalue weighted by Crippen LogP contribution is 2.26. The Kier molecular flexibility index (Phi) is 3.42. The van der Waals surface area contributed by atoms with E-state index < -0.39 is 0 Å². The van der Waals surface area contributed by atoms with Crippen molar-refractivity contribution in [1.82, 2.24) is 4.98 Å². The summed E-state index contributed by atoms with van der Waals surface area (Å²) in [7, 11) is 1.90. The molecule has 0 aliphatic rings. The van der Waals surface area contributed by atoms with Crippen LogP contribution in [0.4, 0.5) is 10.1 Å². The monoisotopic (exact) mass is 243 g/mol. The van der Waals surface area contributed by atoms with E-state index in [9.17, 15) is 4.39 Å². The lowest BCUT2D eigenvalue weighted by Gasteiger charge is -2.20. The van der Waals surface area contributed by atoms with Gasteiger partial charge in [-0.2, -0.15) is 5.26 Å². The molecule has 1 heterocycles. The van der Waals surface area contributed by atoms with Crippen molar-refractivity contribution in [3.05, 3.63) is 35.8 Å². The van der Waals surface area contributed by atoms with Crippen LogP contribution in [-0.2, 0) is 0 Å². The van der Waals surface area contributed by atoms with Crippen LogP contribution >= 0.6 is 0 Å². The lowest BCUT2D eigenvalue weighted by Crippen LogP contribution is -2.18. The number of fused-ring (bicyclic) bond motifs is 1. The zero-order valence-corrected chi connectivity index (χ0v) is 10.4. The fourth-order valence-electron chi connectivity index (χ4n) is 1.96. The maximum Gasteiger partial charge on any atom is 0.124 e. The summed E-state index contributed by atoms with van der Waals surface area (Å²) < 4.78 is 13.3. The number of nitrogens with zero attached hydrogens (tertiary/aromatic N) is 3. The van der Waals surface area contributed by atoms with Crippen LogP contribution in [0.25, 0.3) is 10.9 Å². The molecule has 0 aliphatic carbocycles. The third-order valence-electron chi connectivity index (χ3n) is 2.85. The SMILES string of the molecule is Cc1cc(N(C)CCC#N)c2cc(F)ccc2n1. The summed E-state index contributed by atoms with van der Waals surface area (Å²) in [5.41, 5.74) is 2.57. The molecule has 0 unspecified atom stereocenters. The number of nitriles is 1. The Balaban J connectivity index is 2.54. The van der Waals surface area contributed by atoms with Crippen LogP contribution in [-0.4, -0.2) is 18.6 Å². The third kappa shape index (κ3) is 2.40. The first-order valence-corrected chi connectivity index (χ1v) is 5.77. The second-order valence-electron chi connectivity index (χ2n) is 4.27. The highest BCUT2D eigenvalue weighted by atomic mass is 19.1. The number of pyridine rings is 1. The summed E-state index contributed by atoms with van der Waals surface area (Å²) in [6.45, 7) is 2.52. The van der Waals surface area contributed by atoms with E-state index in [2.05, 4.69) is 11.1 Å². The van der Waals surface area contributed by atoms with Crippen LogP contribution in [0.5, 0.6) is 0 Å². The summed E-state index contributed by atoms with van der Waals surface area (Å²) in [5, 5.41) is 9.40. The van der Waals surface area contributed by atoms with Gasteiger partial charge in [-0.25, -0.2) is 4.39 Å². The second-order valence-corrected chi connectivity index (χ2v) is 4.27. The zero-order chi connectivity index (χ0) is 13.1. The van der Waals surface area contributed by atoms with Gasteiger partial charge < -0.3 is 4.90 Å². The molecule has 18 heavy (non-hydrogen) atoms. The number of halogens is 1. The van der Waals surface area contributed by atoms with Gasteiger partial charge in [-0.3, -0.25) is 4.98 Å². The molecule has 0 saturated heterocycles. The fraction of sp³-hybridized carbons (Fsp3) is 0.286. The molecule has 4 heteroatoms. The first kappa shape index (κ1) is 12.3. The standard InChI is InChI=1S/C14H14FN3/c1-10-8-14(18(2)7-3-6-16)12-9-11(15)4-5-13(12)17-10/h4-5,8-9H,3,7H2,1-2H3. The van der Waals surface area contributed by atoms with Gasteiger partial charge in [-0.05, 0) is 31.2 Å². The van der Waals surface area contributed by atoms with Crippen LogP contribution in [0.1, 0.15) is 12.1 Å². The number of hydrogen-bond donors (Lipinski definition) is 0. The van der Waals surface area contributed by atoms with Gasteiger partial charge in [0.15, 0.2) is 0 Å². The molecule has 0 fully saturated rings. The Bertz CT molecular complexity index is 616.